The highest BCUT2D eigenvalue weighted by atomic mass is 32.2. The number of carbonyl (C=O) groups is 2. The zero-order valence-electron chi connectivity index (χ0n) is 16.2. The number of nitrogens with zero attached hydrogens (tertiary/aromatic N) is 3. The number of thioether (sulfide) groups is 1. The number of hydrogen-bond donors (Lipinski definition) is 3. The van der Waals surface area contributed by atoms with Crippen LogP contribution < -0.4 is 16.8 Å². The lowest BCUT2D eigenvalue weighted by molar-refractivity contribution is -0.115. The van der Waals surface area contributed by atoms with Gasteiger partial charge in [-0.1, -0.05) is 23.9 Å². The maximum absolute atomic E-state index is 12.7. The minimum atomic E-state index is -0.725. The second kappa shape index (κ2) is 9.03. The number of nitrogens with one attached hydrogen (secondary N) is 1. The van der Waals surface area contributed by atoms with E-state index in [9.17, 15) is 20.1 Å². The van der Waals surface area contributed by atoms with Gasteiger partial charge in [0.15, 0.2) is 0 Å². The predicted octanol–water partition coefficient (Wildman–Crippen LogP) is 2.89. The average Bonchev–Trinajstić information content (AvgIpc) is 3.28. The van der Waals surface area contributed by atoms with Gasteiger partial charge in [0.05, 0.1) is 33.9 Å². The molecular weight excluding hydrogens is 416 g/mol. The summed E-state index contributed by atoms with van der Waals surface area (Å²) >= 11 is 0.988. The molecule has 0 aliphatic rings. The van der Waals surface area contributed by atoms with Crippen molar-refractivity contribution in [3.63, 3.8) is 0 Å². The van der Waals surface area contributed by atoms with Crippen LogP contribution in [-0.4, -0.2) is 22.0 Å². The Hall–Kier alpha value is -4.28. The number of amides is 2. The molecular formula is C21H16N6O3S. The molecule has 10 heteroatoms. The molecule has 2 aromatic heterocycles. The van der Waals surface area contributed by atoms with Crippen LogP contribution in [0.4, 0.5) is 11.5 Å². The normalized spacial score (nSPS) is 11.2. The molecule has 154 valence electrons. The Bertz CT molecular complexity index is 1240. The summed E-state index contributed by atoms with van der Waals surface area (Å²) in [5.41, 5.74) is 12.0. The number of nitrogens with two attached hydrogens (primary N) is 2. The van der Waals surface area contributed by atoms with Crippen LogP contribution in [0.1, 0.15) is 28.4 Å². The third-order valence-electron chi connectivity index (χ3n) is 4.29. The largest absolute Gasteiger partial charge is 0.464 e. The molecule has 0 radical (unpaired) electrons. The van der Waals surface area contributed by atoms with Gasteiger partial charge >= 0.3 is 0 Å². The molecule has 1 atom stereocenters. The highest BCUT2D eigenvalue weighted by Gasteiger charge is 2.25. The number of primary amides is 1. The van der Waals surface area contributed by atoms with E-state index in [-0.39, 0.29) is 44.5 Å². The molecule has 0 aliphatic heterocycles. The van der Waals surface area contributed by atoms with Crippen molar-refractivity contribution in [3.8, 4) is 23.5 Å². The first-order chi connectivity index (χ1) is 14.9. The van der Waals surface area contributed by atoms with Crippen molar-refractivity contribution < 1.29 is 14.0 Å². The van der Waals surface area contributed by atoms with Gasteiger partial charge in [-0.05, 0) is 31.2 Å². The van der Waals surface area contributed by atoms with Gasteiger partial charge in [0, 0.05) is 0 Å². The molecule has 0 bridgehead atoms. The van der Waals surface area contributed by atoms with E-state index in [1.54, 1.807) is 37.3 Å². The number of furan rings is 1. The first-order valence-electron chi connectivity index (χ1n) is 8.91. The lowest BCUT2D eigenvalue weighted by atomic mass is 10.0. The molecule has 9 nitrogen and oxygen atoms in total. The van der Waals surface area contributed by atoms with Crippen LogP contribution in [0.2, 0.25) is 0 Å². The first kappa shape index (κ1) is 21.4. The summed E-state index contributed by atoms with van der Waals surface area (Å²) in [5.74, 6) is -0.905. The second-order valence-corrected chi connectivity index (χ2v) is 7.62. The Kier molecular flexibility index (Phi) is 6.24. The van der Waals surface area contributed by atoms with Crippen LogP contribution in [0.15, 0.2) is 52.1 Å². The molecule has 3 aromatic rings. The highest BCUT2D eigenvalue weighted by molar-refractivity contribution is 8.00. The summed E-state index contributed by atoms with van der Waals surface area (Å²) in [7, 11) is 0. The van der Waals surface area contributed by atoms with Crippen molar-refractivity contribution in [2.24, 2.45) is 5.73 Å². The number of rotatable bonds is 6. The Morgan fingerprint density at radius 3 is 2.48 bits per heavy atom. The number of pyridine rings is 1. The van der Waals surface area contributed by atoms with Crippen molar-refractivity contribution in [1.29, 1.82) is 10.5 Å². The number of aromatic nitrogens is 1. The van der Waals surface area contributed by atoms with E-state index >= 15 is 0 Å². The molecule has 5 N–H and O–H groups in total. The summed E-state index contributed by atoms with van der Waals surface area (Å²) in [6, 6.07) is 13.5. The van der Waals surface area contributed by atoms with E-state index in [1.165, 1.54) is 12.3 Å². The number of benzene rings is 1. The summed E-state index contributed by atoms with van der Waals surface area (Å²) in [5, 5.41) is 21.3. The van der Waals surface area contributed by atoms with Crippen LogP contribution in [-0.2, 0) is 4.79 Å². The molecule has 0 aliphatic carbocycles. The fourth-order valence-corrected chi connectivity index (χ4v) is 3.73. The minimum Gasteiger partial charge on any atom is -0.464 e. The molecule has 3 rings (SSSR count). The number of nitriles is 2. The van der Waals surface area contributed by atoms with E-state index in [2.05, 4.69) is 10.3 Å². The lowest BCUT2D eigenvalue weighted by Gasteiger charge is -2.16. The van der Waals surface area contributed by atoms with Gasteiger partial charge in [-0.15, -0.1) is 0 Å². The summed E-state index contributed by atoms with van der Waals surface area (Å²) in [6.45, 7) is 1.61. The quantitative estimate of drug-likeness (QED) is 0.499. The van der Waals surface area contributed by atoms with Gasteiger partial charge in [-0.3, -0.25) is 9.59 Å². The van der Waals surface area contributed by atoms with E-state index in [0.29, 0.717) is 0 Å². The Morgan fingerprint density at radius 2 is 1.87 bits per heavy atom. The number of carbonyl (C=O) groups excluding carboxylic acids is 2. The van der Waals surface area contributed by atoms with E-state index in [4.69, 9.17) is 15.9 Å². The Morgan fingerprint density at radius 1 is 1.16 bits per heavy atom. The monoisotopic (exact) mass is 432 g/mol. The number of nitrogen functional groups attached to an aromatic ring is 1. The highest BCUT2D eigenvalue weighted by Crippen LogP contribution is 2.37. The lowest BCUT2D eigenvalue weighted by Crippen LogP contribution is -2.25. The van der Waals surface area contributed by atoms with Crippen molar-refractivity contribution in [2.45, 2.75) is 17.2 Å². The van der Waals surface area contributed by atoms with E-state index < -0.39 is 17.1 Å². The molecule has 0 spiro atoms. The van der Waals surface area contributed by atoms with Crippen molar-refractivity contribution in [1.82, 2.24) is 4.98 Å². The zero-order chi connectivity index (χ0) is 22.5. The molecule has 0 saturated heterocycles. The van der Waals surface area contributed by atoms with Crippen molar-refractivity contribution >= 4 is 35.1 Å². The van der Waals surface area contributed by atoms with Crippen molar-refractivity contribution in [3.05, 3.63) is 59.4 Å². The van der Waals surface area contributed by atoms with E-state index in [0.717, 1.165) is 11.8 Å². The smallest absolute Gasteiger partial charge is 0.250 e. The van der Waals surface area contributed by atoms with Gasteiger partial charge in [0.2, 0.25) is 5.91 Å². The molecule has 1 unspecified atom stereocenters. The van der Waals surface area contributed by atoms with Crippen LogP contribution in [0.25, 0.3) is 11.3 Å². The molecule has 1 aromatic carbocycles. The van der Waals surface area contributed by atoms with Crippen molar-refractivity contribution in [2.75, 3.05) is 11.1 Å². The zero-order valence-corrected chi connectivity index (χ0v) is 17.1. The maximum Gasteiger partial charge on any atom is 0.250 e. The van der Waals surface area contributed by atoms with Gasteiger partial charge in [-0.2, -0.15) is 10.5 Å². The van der Waals surface area contributed by atoms with E-state index in [1.807, 2.05) is 12.1 Å². The molecule has 0 saturated carbocycles. The summed E-state index contributed by atoms with van der Waals surface area (Å²) in [4.78, 5) is 28.4. The van der Waals surface area contributed by atoms with Gasteiger partial charge < -0.3 is 21.2 Å². The van der Waals surface area contributed by atoms with Gasteiger partial charge in [0.25, 0.3) is 5.91 Å². The molecule has 2 heterocycles. The standard InChI is InChI=1S/C21H16N6O3S/c1-11(20(29)26-15-6-3-2-5-12(15)19(25)28)31-21-14(10-23)17(16-7-4-8-30-16)13(9-22)18(24)27-21/h2-8,11H,1H3,(H2,24,27)(H2,25,28)(H,26,29). The fourth-order valence-electron chi connectivity index (χ4n) is 2.81. The van der Waals surface area contributed by atoms with Crippen LogP contribution in [0.5, 0.6) is 0 Å². The molecule has 31 heavy (non-hydrogen) atoms. The van der Waals surface area contributed by atoms with Crippen LogP contribution >= 0.6 is 11.8 Å². The Balaban J connectivity index is 1.94. The second-order valence-electron chi connectivity index (χ2n) is 6.29. The Labute approximate surface area is 181 Å². The number of para-hydroxylation sites is 1. The average molecular weight is 432 g/mol. The maximum atomic E-state index is 12.7. The van der Waals surface area contributed by atoms with Crippen LogP contribution in [0, 0.1) is 22.7 Å². The topological polar surface area (TPSA) is 172 Å². The summed E-state index contributed by atoms with van der Waals surface area (Å²) < 4.78 is 5.36. The summed E-state index contributed by atoms with van der Waals surface area (Å²) in [6.07, 6.45) is 1.41. The van der Waals surface area contributed by atoms with Gasteiger partial charge in [-0.25, -0.2) is 4.98 Å². The third-order valence-corrected chi connectivity index (χ3v) is 5.38. The van der Waals surface area contributed by atoms with Crippen LogP contribution in [0.3, 0.4) is 0 Å². The first-order valence-corrected chi connectivity index (χ1v) is 9.79. The number of anilines is 2. The molecule has 2 amide bonds. The minimum absolute atomic E-state index is 0.0170. The molecule has 0 fully saturated rings. The number of hydrogen-bond acceptors (Lipinski definition) is 8. The fraction of sp³-hybridized carbons (Fsp3) is 0.0952. The third kappa shape index (κ3) is 4.34. The SMILES string of the molecule is CC(Sc1nc(N)c(C#N)c(-c2ccco2)c1C#N)C(=O)Nc1ccccc1C(N)=O. The predicted molar refractivity (Wildman–Crippen MR) is 115 cm³/mol. The van der Waals surface area contributed by atoms with Gasteiger partial charge in [0.1, 0.15) is 34.3 Å².